The van der Waals surface area contributed by atoms with Crippen LogP contribution in [0.25, 0.3) is 4.85 Å². The zero-order chi connectivity index (χ0) is 24.3. The van der Waals surface area contributed by atoms with Crippen molar-refractivity contribution in [1.82, 2.24) is 4.31 Å². The lowest BCUT2D eigenvalue weighted by Gasteiger charge is -2.30. The smallest absolute Gasteiger partial charge is 0.406 e. The Bertz CT molecular complexity index is 1200. The van der Waals surface area contributed by atoms with E-state index in [-0.39, 0.29) is 24.1 Å². The van der Waals surface area contributed by atoms with E-state index in [4.69, 9.17) is 11.4 Å². The van der Waals surface area contributed by atoms with Crippen LogP contribution in [-0.4, -0.2) is 44.0 Å². The van der Waals surface area contributed by atoms with Crippen LogP contribution in [0.1, 0.15) is 31.2 Å². The molecule has 7 nitrogen and oxygen atoms in total. The van der Waals surface area contributed by atoms with E-state index in [0.29, 0.717) is 24.4 Å². The zero-order valence-electron chi connectivity index (χ0n) is 18.0. The molecule has 4 rings (SSSR count). The molecule has 0 spiro atoms. The number of rotatable bonds is 7. The van der Waals surface area contributed by atoms with Crippen molar-refractivity contribution in [1.29, 1.82) is 0 Å². The Morgan fingerprint density at radius 3 is 2.32 bits per heavy atom. The molecule has 11 heteroatoms. The average molecular weight is 494 g/mol. The van der Waals surface area contributed by atoms with Crippen LogP contribution in [0, 0.1) is 12.5 Å². The number of hydrogen-bond donors (Lipinski definition) is 0. The van der Waals surface area contributed by atoms with E-state index in [2.05, 4.69) is 14.7 Å². The highest BCUT2D eigenvalue weighted by atomic mass is 32.2. The zero-order valence-corrected chi connectivity index (χ0v) is 18.8. The van der Waals surface area contributed by atoms with E-state index in [1.807, 2.05) is 12.1 Å². The van der Waals surface area contributed by atoms with Gasteiger partial charge in [-0.05, 0) is 48.7 Å². The van der Waals surface area contributed by atoms with Crippen LogP contribution in [0.5, 0.6) is 5.75 Å². The summed E-state index contributed by atoms with van der Waals surface area (Å²) in [5.41, 5.74) is 2.19. The minimum atomic E-state index is -4.84. The Labute approximate surface area is 195 Å². The number of nitrogens with zero attached hydrogens (tertiary/aromatic N) is 3. The highest BCUT2D eigenvalue weighted by Crippen LogP contribution is 2.35. The standard InChI is InChI=1S/C23H22F3N3O4S/c1-27-18-4-2-3-17(15-18)22(16-5-6-16)28-33-20-11-13-29(14-12-20)34(30,31)21-9-7-19(8-10-21)32-23(24,25)26/h2-4,7-10,15-16,20H,5-6,11-14H2. The molecule has 2 aromatic rings. The number of hydrogen-bond acceptors (Lipinski definition) is 5. The first-order valence-corrected chi connectivity index (χ1v) is 12.2. The quantitative estimate of drug-likeness (QED) is 0.305. The lowest BCUT2D eigenvalue weighted by molar-refractivity contribution is -0.274. The number of piperidine rings is 1. The number of oxime groups is 1. The van der Waals surface area contributed by atoms with Gasteiger partial charge in [0.25, 0.3) is 0 Å². The first-order chi connectivity index (χ1) is 16.2. The average Bonchev–Trinajstić information content (AvgIpc) is 3.64. The summed E-state index contributed by atoms with van der Waals surface area (Å²) in [6.45, 7) is 7.60. The van der Waals surface area contributed by atoms with Crippen molar-refractivity contribution >= 4 is 21.4 Å². The highest BCUT2D eigenvalue weighted by molar-refractivity contribution is 7.89. The second-order valence-electron chi connectivity index (χ2n) is 8.14. The third-order valence-corrected chi connectivity index (χ3v) is 7.54. The SMILES string of the molecule is [C-]#[N+]c1cccc(C(=NOC2CCN(S(=O)(=O)c3ccc(OC(F)(F)F)cc3)CC2)C2CC2)c1. The molecule has 34 heavy (non-hydrogen) atoms. The molecule has 2 aromatic carbocycles. The van der Waals surface area contributed by atoms with E-state index in [1.54, 1.807) is 12.1 Å². The first kappa shape index (κ1) is 24.0. The maximum atomic E-state index is 12.9. The van der Waals surface area contributed by atoms with Crippen molar-refractivity contribution in [3.05, 3.63) is 65.5 Å². The Kier molecular flexibility index (Phi) is 6.81. The summed E-state index contributed by atoms with van der Waals surface area (Å²) in [5, 5.41) is 4.38. The second kappa shape index (κ2) is 9.64. The van der Waals surface area contributed by atoms with Crippen molar-refractivity contribution in [2.45, 2.75) is 43.0 Å². The molecule has 0 radical (unpaired) electrons. The lowest BCUT2D eigenvalue weighted by Crippen LogP contribution is -2.40. The molecular weight excluding hydrogens is 471 g/mol. The van der Waals surface area contributed by atoms with Crippen LogP contribution in [0.15, 0.2) is 58.6 Å². The van der Waals surface area contributed by atoms with Gasteiger partial charge in [-0.1, -0.05) is 23.4 Å². The molecule has 0 aromatic heterocycles. The van der Waals surface area contributed by atoms with Crippen LogP contribution >= 0.6 is 0 Å². The fourth-order valence-electron chi connectivity index (χ4n) is 3.73. The molecule has 0 amide bonds. The monoisotopic (exact) mass is 493 g/mol. The minimum Gasteiger partial charge on any atom is -0.406 e. The van der Waals surface area contributed by atoms with E-state index >= 15 is 0 Å². The highest BCUT2D eigenvalue weighted by Gasteiger charge is 2.33. The molecule has 1 saturated carbocycles. The molecule has 180 valence electrons. The van der Waals surface area contributed by atoms with Gasteiger partial charge in [-0.2, -0.15) is 4.31 Å². The molecule has 0 bridgehead atoms. The van der Waals surface area contributed by atoms with Crippen LogP contribution in [0.2, 0.25) is 0 Å². The number of ether oxygens (including phenoxy) is 1. The topological polar surface area (TPSA) is 72.6 Å². The Hall–Kier alpha value is -3.10. The van der Waals surface area contributed by atoms with Gasteiger partial charge in [-0.15, -0.1) is 13.2 Å². The van der Waals surface area contributed by atoms with Crippen LogP contribution in [-0.2, 0) is 14.9 Å². The molecule has 2 aliphatic rings. The van der Waals surface area contributed by atoms with Gasteiger partial charge in [0, 0.05) is 31.8 Å². The minimum absolute atomic E-state index is 0.102. The van der Waals surface area contributed by atoms with Gasteiger partial charge in [-0.3, -0.25) is 0 Å². The van der Waals surface area contributed by atoms with Crippen molar-refractivity contribution in [3.8, 4) is 5.75 Å². The third-order valence-electron chi connectivity index (χ3n) is 5.63. The number of alkyl halides is 3. The van der Waals surface area contributed by atoms with Crippen LogP contribution < -0.4 is 4.74 Å². The molecule has 1 aliphatic carbocycles. The van der Waals surface area contributed by atoms with Crippen LogP contribution in [0.3, 0.4) is 0 Å². The van der Waals surface area contributed by atoms with E-state index in [0.717, 1.165) is 48.4 Å². The number of halogens is 3. The van der Waals surface area contributed by atoms with Gasteiger partial charge in [0.2, 0.25) is 10.0 Å². The molecular formula is C23H22F3N3O4S. The molecule has 0 unspecified atom stereocenters. The summed E-state index contributed by atoms with van der Waals surface area (Å²) in [6.07, 6.45) is -2.23. The number of benzene rings is 2. The molecule has 2 fully saturated rings. The summed E-state index contributed by atoms with van der Waals surface area (Å²) < 4.78 is 67.8. The van der Waals surface area contributed by atoms with Crippen molar-refractivity contribution in [2.24, 2.45) is 11.1 Å². The van der Waals surface area contributed by atoms with Crippen molar-refractivity contribution in [2.75, 3.05) is 13.1 Å². The Balaban J connectivity index is 1.37. The summed E-state index contributed by atoms with van der Waals surface area (Å²) in [5.74, 6) is -0.185. The summed E-state index contributed by atoms with van der Waals surface area (Å²) in [7, 11) is -3.85. The molecule has 1 heterocycles. The lowest BCUT2D eigenvalue weighted by atomic mass is 10.1. The van der Waals surface area contributed by atoms with Gasteiger partial charge in [0.05, 0.1) is 17.2 Å². The fraction of sp³-hybridized carbons (Fsp3) is 0.391. The van der Waals surface area contributed by atoms with Gasteiger partial charge in [0.15, 0.2) is 5.69 Å². The summed E-state index contributed by atoms with van der Waals surface area (Å²) >= 11 is 0. The maximum Gasteiger partial charge on any atom is 0.573 e. The van der Waals surface area contributed by atoms with Gasteiger partial charge in [-0.25, -0.2) is 13.3 Å². The van der Waals surface area contributed by atoms with E-state index < -0.39 is 22.1 Å². The maximum absolute atomic E-state index is 12.9. The molecule has 1 saturated heterocycles. The van der Waals surface area contributed by atoms with Gasteiger partial charge < -0.3 is 9.57 Å². The summed E-state index contributed by atoms with van der Waals surface area (Å²) in [6, 6.07) is 11.4. The largest absolute Gasteiger partial charge is 0.573 e. The van der Waals surface area contributed by atoms with Crippen LogP contribution in [0.4, 0.5) is 18.9 Å². The van der Waals surface area contributed by atoms with Crippen molar-refractivity contribution < 1.29 is 31.2 Å². The first-order valence-electron chi connectivity index (χ1n) is 10.7. The molecule has 0 N–H and O–H groups in total. The van der Waals surface area contributed by atoms with Crippen molar-refractivity contribution in [3.63, 3.8) is 0 Å². The van der Waals surface area contributed by atoms with E-state index in [9.17, 15) is 21.6 Å². The third kappa shape index (κ3) is 5.87. The molecule has 0 atom stereocenters. The number of sulfonamides is 1. The van der Waals surface area contributed by atoms with E-state index in [1.165, 1.54) is 4.31 Å². The molecule has 1 aliphatic heterocycles. The normalized spacial score (nSPS) is 18.4. The predicted octanol–water partition coefficient (Wildman–Crippen LogP) is 5.12. The predicted molar refractivity (Wildman–Crippen MR) is 118 cm³/mol. The van der Waals surface area contributed by atoms with Gasteiger partial charge >= 0.3 is 6.36 Å². The second-order valence-corrected chi connectivity index (χ2v) is 10.1. The Morgan fingerprint density at radius 2 is 1.74 bits per heavy atom. The fourth-order valence-corrected chi connectivity index (χ4v) is 5.20. The Morgan fingerprint density at radius 1 is 1.06 bits per heavy atom. The van der Waals surface area contributed by atoms with Gasteiger partial charge in [0.1, 0.15) is 11.9 Å². The summed E-state index contributed by atoms with van der Waals surface area (Å²) in [4.78, 5) is 9.12.